The minimum atomic E-state index is 0.772. The summed E-state index contributed by atoms with van der Waals surface area (Å²) in [5.41, 5.74) is 0.975. The Labute approximate surface area is 94.2 Å². The second kappa shape index (κ2) is 4.14. The molecule has 0 unspecified atom stereocenters. The summed E-state index contributed by atoms with van der Waals surface area (Å²) in [5, 5.41) is 4.70. The average molecular weight is 272 g/mol. The van der Waals surface area contributed by atoms with Crippen LogP contribution in [0.3, 0.4) is 0 Å². The fourth-order valence-electron chi connectivity index (χ4n) is 1.09. The molecule has 0 atom stereocenters. The lowest BCUT2D eigenvalue weighted by Gasteiger charge is -1.86. The molecule has 1 heterocycles. The Hall–Kier alpha value is -0.810. The van der Waals surface area contributed by atoms with Crippen molar-refractivity contribution in [2.24, 2.45) is 0 Å². The smallest absolute Gasteiger partial charge is 0.292 e. The second-order valence-corrected chi connectivity index (χ2v) is 4.13. The van der Waals surface area contributed by atoms with Crippen molar-refractivity contribution in [1.82, 2.24) is 5.27 Å². The third-order valence-corrected chi connectivity index (χ3v) is 3.34. The van der Waals surface area contributed by atoms with Gasteiger partial charge in [0.25, 0.3) is 5.09 Å². The maximum absolute atomic E-state index is 5.13. The van der Waals surface area contributed by atoms with Crippen LogP contribution in [0.25, 0.3) is 5.69 Å². The lowest BCUT2D eigenvalue weighted by Crippen LogP contribution is -2.33. The van der Waals surface area contributed by atoms with E-state index in [1.165, 1.54) is 11.8 Å². The van der Waals surface area contributed by atoms with Crippen molar-refractivity contribution in [3.8, 4) is 5.69 Å². The van der Waals surface area contributed by atoms with Gasteiger partial charge < -0.3 is 0 Å². The third kappa shape index (κ3) is 1.69. The summed E-state index contributed by atoms with van der Waals surface area (Å²) in [4.78, 5) is 0. The molecule has 72 valence electrons. The van der Waals surface area contributed by atoms with E-state index in [2.05, 4.69) is 21.2 Å². The molecule has 0 saturated carbocycles. The van der Waals surface area contributed by atoms with Crippen LogP contribution in [-0.4, -0.2) is 11.5 Å². The van der Waals surface area contributed by atoms with Crippen LogP contribution in [0.1, 0.15) is 0 Å². The first-order chi connectivity index (χ1) is 6.83. The highest BCUT2D eigenvalue weighted by Gasteiger charge is 2.23. The van der Waals surface area contributed by atoms with Gasteiger partial charge >= 0.3 is 4.60 Å². The highest BCUT2D eigenvalue weighted by molar-refractivity contribution is 9.10. The summed E-state index contributed by atoms with van der Waals surface area (Å²) in [6.45, 7) is 0. The molecule has 0 saturated heterocycles. The lowest BCUT2D eigenvalue weighted by atomic mass is 10.3. The van der Waals surface area contributed by atoms with Gasteiger partial charge in [0.15, 0.2) is 0 Å². The highest BCUT2D eigenvalue weighted by atomic mass is 79.9. The number of thioether (sulfide) groups is 1. The molecule has 0 aliphatic carbocycles. The van der Waals surface area contributed by atoms with Crippen LogP contribution < -0.4 is 4.68 Å². The largest absolute Gasteiger partial charge is 0.335 e. The van der Waals surface area contributed by atoms with E-state index in [-0.39, 0.29) is 0 Å². The normalized spacial score (nSPS) is 10.4. The molecule has 0 N–H and O–H groups in total. The molecule has 1 aromatic heterocycles. The van der Waals surface area contributed by atoms with Crippen molar-refractivity contribution in [1.29, 1.82) is 0 Å². The summed E-state index contributed by atoms with van der Waals surface area (Å²) >= 11 is 4.95. The number of benzene rings is 1. The minimum Gasteiger partial charge on any atom is -0.292 e. The number of halogens is 1. The van der Waals surface area contributed by atoms with E-state index in [0.717, 1.165) is 15.4 Å². The number of nitrogens with zero attached hydrogens (tertiary/aromatic N) is 2. The number of hydrogen-bond acceptors (Lipinski definition) is 3. The van der Waals surface area contributed by atoms with Crippen LogP contribution in [0.2, 0.25) is 0 Å². The Bertz CT molecular complexity index is 430. The molecular formula is C9H8BrN2OS+. The molecule has 0 fully saturated rings. The molecule has 0 spiro atoms. The van der Waals surface area contributed by atoms with Gasteiger partial charge in [-0.05, 0) is 6.26 Å². The van der Waals surface area contributed by atoms with Crippen molar-refractivity contribution < 1.29 is 9.20 Å². The predicted octanol–water partition coefficient (Wildman–Crippen LogP) is 2.44. The van der Waals surface area contributed by atoms with Crippen LogP contribution in [-0.2, 0) is 0 Å². The van der Waals surface area contributed by atoms with Crippen molar-refractivity contribution in [3.05, 3.63) is 34.9 Å². The van der Waals surface area contributed by atoms with Gasteiger partial charge in [0, 0.05) is 32.7 Å². The van der Waals surface area contributed by atoms with Crippen LogP contribution in [0, 0.1) is 0 Å². The molecule has 14 heavy (non-hydrogen) atoms. The number of para-hydroxylation sites is 1. The van der Waals surface area contributed by atoms with Gasteiger partial charge in [-0.2, -0.15) is 0 Å². The van der Waals surface area contributed by atoms with E-state index in [0.29, 0.717) is 0 Å². The first-order valence-electron chi connectivity index (χ1n) is 4.00. The van der Waals surface area contributed by atoms with E-state index in [1.807, 2.05) is 36.6 Å². The SMILES string of the molecule is CSc1on[n+](-c2ccccc2)c1Br. The quantitative estimate of drug-likeness (QED) is 0.621. The number of aromatic nitrogens is 2. The zero-order valence-corrected chi connectivity index (χ0v) is 9.88. The van der Waals surface area contributed by atoms with Crippen molar-refractivity contribution in [2.45, 2.75) is 5.09 Å². The zero-order valence-electron chi connectivity index (χ0n) is 7.48. The summed E-state index contributed by atoms with van der Waals surface area (Å²) in [5.74, 6) is 0. The van der Waals surface area contributed by atoms with E-state index < -0.39 is 0 Å². The standard InChI is InChI=1S/C9H8BrN2OS/c1-14-9-8(10)12(11-13-9)7-5-3-2-4-6-7/h2-6H,1H3/q+1. The summed E-state index contributed by atoms with van der Waals surface area (Å²) in [6.07, 6.45) is 1.95. The van der Waals surface area contributed by atoms with E-state index >= 15 is 0 Å². The van der Waals surface area contributed by atoms with Gasteiger partial charge in [-0.25, -0.2) is 0 Å². The van der Waals surface area contributed by atoms with E-state index in [1.54, 1.807) is 4.68 Å². The second-order valence-electron chi connectivity index (χ2n) is 2.60. The van der Waals surface area contributed by atoms with E-state index in [9.17, 15) is 0 Å². The van der Waals surface area contributed by atoms with Crippen molar-refractivity contribution in [3.63, 3.8) is 0 Å². The monoisotopic (exact) mass is 271 g/mol. The molecule has 3 nitrogen and oxygen atoms in total. The number of hydrogen-bond donors (Lipinski definition) is 0. The fraction of sp³-hybridized carbons (Fsp3) is 0.111. The van der Waals surface area contributed by atoms with Crippen LogP contribution in [0.5, 0.6) is 0 Å². The Kier molecular flexibility index (Phi) is 2.88. The maximum atomic E-state index is 5.13. The first-order valence-corrected chi connectivity index (χ1v) is 6.01. The molecule has 2 rings (SSSR count). The summed E-state index contributed by atoms with van der Waals surface area (Å²) in [7, 11) is 0. The van der Waals surface area contributed by atoms with Crippen LogP contribution in [0.4, 0.5) is 0 Å². The minimum absolute atomic E-state index is 0.772. The molecule has 1 aromatic carbocycles. The molecule has 0 amide bonds. The van der Waals surface area contributed by atoms with Crippen molar-refractivity contribution >= 4 is 27.7 Å². The lowest BCUT2D eigenvalue weighted by molar-refractivity contribution is -0.680. The Balaban J connectivity index is 2.48. The van der Waals surface area contributed by atoms with Gasteiger partial charge in [-0.3, -0.25) is 4.52 Å². The molecule has 0 bridgehead atoms. The average Bonchev–Trinajstić information content (AvgIpc) is 2.61. The Morgan fingerprint density at radius 3 is 2.64 bits per heavy atom. The fourth-order valence-corrected chi connectivity index (χ4v) is 2.28. The van der Waals surface area contributed by atoms with E-state index in [4.69, 9.17) is 4.52 Å². The molecule has 0 aliphatic rings. The molecule has 0 radical (unpaired) electrons. The first kappa shape index (κ1) is 9.73. The van der Waals surface area contributed by atoms with Gasteiger partial charge in [0.1, 0.15) is 0 Å². The Morgan fingerprint density at radius 2 is 2.07 bits per heavy atom. The molecule has 0 aliphatic heterocycles. The summed E-state index contributed by atoms with van der Waals surface area (Å²) in [6, 6.07) is 9.83. The van der Waals surface area contributed by atoms with Gasteiger partial charge in [0.05, 0.1) is 0 Å². The molecule has 2 aromatic rings. The van der Waals surface area contributed by atoms with Crippen molar-refractivity contribution in [2.75, 3.05) is 6.26 Å². The predicted molar refractivity (Wildman–Crippen MR) is 57.5 cm³/mol. The Morgan fingerprint density at radius 1 is 1.36 bits per heavy atom. The summed E-state index contributed by atoms with van der Waals surface area (Å²) < 4.78 is 7.69. The van der Waals surface area contributed by atoms with Gasteiger partial charge in [-0.15, -0.1) is 0 Å². The van der Waals surface area contributed by atoms with Crippen LogP contribution in [0.15, 0.2) is 44.6 Å². The highest BCUT2D eigenvalue weighted by Crippen LogP contribution is 2.22. The number of rotatable bonds is 2. The molecule has 5 heteroatoms. The van der Waals surface area contributed by atoms with Crippen LogP contribution >= 0.6 is 27.7 Å². The maximum Gasteiger partial charge on any atom is 0.335 e. The zero-order chi connectivity index (χ0) is 9.97. The third-order valence-electron chi connectivity index (χ3n) is 1.75. The van der Waals surface area contributed by atoms with Gasteiger partial charge in [-0.1, -0.05) is 30.0 Å². The molecular weight excluding hydrogens is 264 g/mol. The topological polar surface area (TPSA) is 29.9 Å². The van der Waals surface area contributed by atoms with Gasteiger partial charge in [0.2, 0.25) is 11.0 Å².